The van der Waals surface area contributed by atoms with Crippen molar-refractivity contribution in [2.75, 3.05) is 26.2 Å². The molecular formula is C26H23F2N3O7. The molecule has 1 atom stereocenters. The number of halogens is 2. The second-order valence-electron chi connectivity index (χ2n) is 9.23. The predicted molar refractivity (Wildman–Crippen MR) is 123 cm³/mol. The van der Waals surface area contributed by atoms with Crippen molar-refractivity contribution in [1.82, 2.24) is 9.96 Å². The van der Waals surface area contributed by atoms with Crippen molar-refractivity contribution in [2.24, 2.45) is 0 Å². The fraction of sp³-hybridized carbons (Fsp3) is 0.385. The van der Waals surface area contributed by atoms with Gasteiger partial charge in [-0.2, -0.15) is 5.26 Å². The third kappa shape index (κ3) is 4.78. The number of nitrogens with zero attached hydrogens (tertiary/aromatic N) is 3. The molecule has 2 aromatic rings. The average molecular weight is 527 g/mol. The van der Waals surface area contributed by atoms with Crippen molar-refractivity contribution in [3.63, 3.8) is 0 Å². The summed E-state index contributed by atoms with van der Waals surface area (Å²) in [4.78, 5) is 42.0. The number of ether oxygens (including phenoxy) is 3. The van der Waals surface area contributed by atoms with Gasteiger partial charge in [-0.1, -0.05) is 23.3 Å². The largest absolute Gasteiger partial charge is 0.447 e. The van der Waals surface area contributed by atoms with E-state index in [4.69, 9.17) is 24.3 Å². The number of benzene rings is 2. The Kier molecular flexibility index (Phi) is 6.96. The molecule has 0 aromatic heterocycles. The van der Waals surface area contributed by atoms with Gasteiger partial charge in [-0.3, -0.25) is 0 Å². The first-order chi connectivity index (χ1) is 18.3. The number of carbonyl (C=O) groups is 3. The summed E-state index contributed by atoms with van der Waals surface area (Å²) in [5, 5.41) is 9.75. The summed E-state index contributed by atoms with van der Waals surface area (Å²) in [5.74, 6) is -3.88. The highest BCUT2D eigenvalue weighted by atomic mass is 19.1. The normalized spacial score (nSPS) is 20.5. The third-order valence-electron chi connectivity index (χ3n) is 6.87. The molecule has 1 spiro atoms. The van der Waals surface area contributed by atoms with E-state index in [0.717, 1.165) is 0 Å². The second-order valence-corrected chi connectivity index (χ2v) is 9.23. The molecule has 0 saturated carbocycles. The van der Waals surface area contributed by atoms with Crippen molar-refractivity contribution in [1.29, 1.82) is 5.26 Å². The van der Waals surface area contributed by atoms with Crippen molar-refractivity contribution >= 4 is 18.0 Å². The highest BCUT2D eigenvalue weighted by Gasteiger charge is 2.62. The van der Waals surface area contributed by atoms with Crippen LogP contribution in [0.4, 0.5) is 13.6 Å². The molecule has 0 radical (unpaired) electrons. The lowest BCUT2D eigenvalue weighted by Gasteiger charge is -2.40. The quantitative estimate of drug-likeness (QED) is 0.304. The first kappa shape index (κ1) is 25.6. The highest BCUT2D eigenvalue weighted by Crippen LogP contribution is 2.41. The molecule has 3 aliphatic rings. The number of rotatable bonds is 7. The van der Waals surface area contributed by atoms with Crippen LogP contribution in [0.2, 0.25) is 0 Å². The van der Waals surface area contributed by atoms with Crippen molar-refractivity contribution in [3.8, 4) is 17.2 Å². The summed E-state index contributed by atoms with van der Waals surface area (Å²) in [6.07, 6.45) is -0.589. The van der Waals surface area contributed by atoms with E-state index in [1.807, 2.05) is 6.07 Å². The summed E-state index contributed by atoms with van der Waals surface area (Å²) in [6, 6.07) is 10.6. The van der Waals surface area contributed by atoms with E-state index in [2.05, 4.69) is 4.90 Å². The van der Waals surface area contributed by atoms with Crippen LogP contribution in [0.5, 0.6) is 0 Å². The number of nitriles is 1. The lowest BCUT2D eigenvalue weighted by Crippen LogP contribution is -2.57. The number of hydroxylamine groups is 2. The van der Waals surface area contributed by atoms with Gasteiger partial charge in [-0.25, -0.2) is 23.2 Å². The van der Waals surface area contributed by atoms with Gasteiger partial charge < -0.3 is 23.9 Å². The average Bonchev–Trinajstić information content (AvgIpc) is 3.16. The molecule has 10 nitrogen and oxygen atoms in total. The van der Waals surface area contributed by atoms with Gasteiger partial charge in [0.15, 0.2) is 5.60 Å². The van der Waals surface area contributed by atoms with Gasteiger partial charge in [-0.15, -0.1) is 0 Å². The SMILES string of the molecule is N#Cc1cccc(-c2c(F)ccc(COCCCN3CCC4(CC3)OC(=O)N3OC(=O)C(=O)OC34)c2F)c1. The van der Waals surface area contributed by atoms with Crippen LogP contribution >= 0.6 is 0 Å². The molecule has 1 amide bonds. The number of amides is 1. The van der Waals surface area contributed by atoms with E-state index >= 15 is 4.39 Å². The number of piperidine rings is 1. The summed E-state index contributed by atoms with van der Waals surface area (Å²) in [7, 11) is 0. The summed E-state index contributed by atoms with van der Waals surface area (Å²) in [5.41, 5.74) is -0.487. The molecule has 0 N–H and O–H groups in total. The third-order valence-corrected chi connectivity index (χ3v) is 6.87. The van der Waals surface area contributed by atoms with E-state index in [1.165, 1.54) is 18.2 Å². The van der Waals surface area contributed by atoms with Crippen molar-refractivity contribution in [2.45, 2.75) is 37.7 Å². The van der Waals surface area contributed by atoms with Crippen molar-refractivity contribution < 1.29 is 42.2 Å². The van der Waals surface area contributed by atoms with Crippen LogP contribution in [0.1, 0.15) is 30.4 Å². The van der Waals surface area contributed by atoms with Crippen LogP contribution in [0.15, 0.2) is 36.4 Å². The topological polar surface area (TPSA) is 118 Å². The molecule has 3 aliphatic heterocycles. The molecule has 0 aliphatic carbocycles. The van der Waals surface area contributed by atoms with Crippen LogP contribution in [0, 0.1) is 23.0 Å². The van der Waals surface area contributed by atoms with Gasteiger partial charge in [0.05, 0.1) is 23.8 Å². The number of carbonyl (C=O) groups excluding carboxylic acids is 3. The van der Waals surface area contributed by atoms with E-state index in [-0.39, 0.29) is 23.3 Å². The fourth-order valence-corrected chi connectivity index (χ4v) is 4.89. The Morgan fingerprint density at radius 2 is 1.89 bits per heavy atom. The molecule has 38 heavy (non-hydrogen) atoms. The summed E-state index contributed by atoms with van der Waals surface area (Å²) in [6.45, 7) is 2.03. The minimum Gasteiger partial charge on any atom is -0.434 e. The van der Waals surface area contributed by atoms with Gasteiger partial charge in [0.2, 0.25) is 0 Å². The first-order valence-electron chi connectivity index (χ1n) is 12.0. The van der Waals surface area contributed by atoms with Crippen LogP contribution < -0.4 is 0 Å². The van der Waals surface area contributed by atoms with E-state index in [9.17, 15) is 18.8 Å². The maximum Gasteiger partial charge on any atom is 0.447 e. The highest BCUT2D eigenvalue weighted by molar-refractivity contribution is 6.30. The summed E-state index contributed by atoms with van der Waals surface area (Å²) < 4.78 is 45.7. The molecule has 5 rings (SSSR count). The Morgan fingerprint density at radius 1 is 1.11 bits per heavy atom. The minimum absolute atomic E-state index is 0.0439. The van der Waals surface area contributed by atoms with Gasteiger partial charge in [0, 0.05) is 44.6 Å². The monoisotopic (exact) mass is 527 g/mol. The zero-order valence-electron chi connectivity index (χ0n) is 20.2. The second kappa shape index (κ2) is 10.4. The lowest BCUT2D eigenvalue weighted by atomic mass is 9.89. The Morgan fingerprint density at radius 3 is 2.66 bits per heavy atom. The standard InChI is InChI=1S/C26H23F2N3O7/c27-19-6-5-18(21(28)20(19)17-4-1-3-16(13-17)14-29)15-35-12-2-9-30-10-7-26(8-11-30)24-31(25(34)37-26)38-23(33)22(32)36-24/h1,3-6,13,24H,2,7-12,15H2. The lowest BCUT2D eigenvalue weighted by molar-refractivity contribution is -0.251. The molecule has 2 aromatic carbocycles. The fourth-order valence-electron chi connectivity index (χ4n) is 4.89. The predicted octanol–water partition coefficient (Wildman–Crippen LogP) is 3.04. The molecule has 1 unspecified atom stereocenters. The van der Waals surface area contributed by atoms with Gasteiger partial charge in [0.1, 0.15) is 11.6 Å². The summed E-state index contributed by atoms with van der Waals surface area (Å²) >= 11 is 0. The molecule has 3 saturated heterocycles. The van der Waals surface area contributed by atoms with E-state index < -0.39 is 41.5 Å². The maximum absolute atomic E-state index is 15.1. The molecule has 0 bridgehead atoms. The zero-order chi connectivity index (χ0) is 26.9. The Balaban J connectivity index is 1.10. The molecule has 3 heterocycles. The number of likely N-dealkylation sites (tertiary alicyclic amines) is 1. The van der Waals surface area contributed by atoms with E-state index in [1.54, 1.807) is 18.2 Å². The number of hydrogen-bond acceptors (Lipinski definition) is 9. The number of fused-ring (bicyclic) bond motifs is 2. The Labute approximate surface area is 216 Å². The minimum atomic E-state index is -1.27. The number of esters is 1. The zero-order valence-corrected chi connectivity index (χ0v) is 20.2. The molecule has 198 valence electrons. The van der Waals surface area contributed by atoms with Gasteiger partial charge in [-0.05, 0) is 30.2 Å². The van der Waals surface area contributed by atoms with Gasteiger partial charge in [0.25, 0.3) is 6.23 Å². The van der Waals surface area contributed by atoms with Gasteiger partial charge >= 0.3 is 18.0 Å². The molecule has 3 fully saturated rings. The smallest absolute Gasteiger partial charge is 0.434 e. The Hall–Kier alpha value is -4.08. The van der Waals surface area contributed by atoms with Crippen LogP contribution in [0.3, 0.4) is 0 Å². The molecule has 12 heteroatoms. The first-order valence-corrected chi connectivity index (χ1v) is 12.0. The number of hydrogen-bond donors (Lipinski definition) is 0. The van der Waals surface area contributed by atoms with E-state index in [0.29, 0.717) is 56.1 Å². The van der Waals surface area contributed by atoms with Crippen molar-refractivity contribution in [3.05, 3.63) is 59.2 Å². The van der Waals surface area contributed by atoms with Crippen LogP contribution in [-0.4, -0.2) is 66.1 Å². The maximum atomic E-state index is 15.1. The Bertz CT molecular complexity index is 1320. The van der Waals surface area contributed by atoms with Crippen LogP contribution in [0.25, 0.3) is 11.1 Å². The van der Waals surface area contributed by atoms with Crippen LogP contribution in [-0.2, 0) is 35.2 Å². The molecular weight excluding hydrogens is 504 g/mol.